The van der Waals surface area contributed by atoms with Crippen LogP contribution in [0.3, 0.4) is 0 Å². The highest BCUT2D eigenvalue weighted by Crippen LogP contribution is 2.31. The van der Waals surface area contributed by atoms with Gasteiger partial charge in [0.1, 0.15) is 0 Å². The van der Waals surface area contributed by atoms with Crippen LogP contribution < -0.4 is 0 Å². The fraction of sp³-hybridized carbons (Fsp3) is 0.188. The maximum absolute atomic E-state index is 11.8. The largest absolute Gasteiger partial charge is 0.493 e. The third-order valence-electron chi connectivity index (χ3n) is 3.16. The number of ether oxygens (including phenoxy) is 1. The van der Waals surface area contributed by atoms with E-state index in [0.29, 0.717) is 5.57 Å². The Hall–Kier alpha value is -2.13. The number of aliphatic hydroxyl groups is 1. The molecule has 0 aromatic heterocycles. The minimum Gasteiger partial charge on any atom is -0.493 e. The van der Waals surface area contributed by atoms with Crippen LogP contribution in [0.5, 0.6) is 0 Å². The van der Waals surface area contributed by atoms with Gasteiger partial charge in [0.25, 0.3) is 0 Å². The Kier molecular flexibility index (Phi) is 3.97. The lowest BCUT2D eigenvalue weighted by Gasteiger charge is -2.23. The van der Waals surface area contributed by atoms with Crippen molar-refractivity contribution in [2.45, 2.75) is 12.0 Å². The fourth-order valence-corrected chi connectivity index (χ4v) is 2.20. The molecule has 98 valence electrons. The van der Waals surface area contributed by atoms with Crippen LogP contribution in [0.25, 0.3) is 0 Å². The Morgan fingerprint density at radius 3 is 2.63 bits per heavy atom. The standard InChI is InChI=1S/C16H16O3/c1-3-12(11-7-5-4-6-8-11)13-9-15(18)16(19-2)10-14(13)17/h3-10,12,14,17H,1H2,2H3/t12-,14?/m0/s1. The molecule has 1 aliphatic carbocycles. The number of carbonyl (C=O) groups is 1. The Balaban J connectivity index is 2.36. The summed E-state index contributed by atoms with van der Waals surface area (Å²) in [5, 5.41) is 10.1. The van der Waals surface area contributed by atoms with Gasteiger partial charge in [0, 0.05) is 5.92 Å². The molecule has 0 amide bonds. The Bertz CT molecular complexity index is 540. The zero-order valence-electron chi connectivity index (χ0n) is 10.7. The molecule has 2 atom stereocenters. The molecule has 0 aliphatic heterocycles. The van der Waals surface area contributed by atoms with Crippen molar-refractivity contribution in [1.82, 2.24) is 0 Å². The number of carbonyl (C=O) groups excluding carboxylic acids is 1. The lowest BCUT2D eigenvalue weighted by atomic mass is 9.84. The van der Waals surface area contributed by atoms with E-state index < -0.39 is 6.10 Å². The van der Waals surface area contributed by atoms with Crippen molar-refractivity contribution in [2.24, 2.45) is 0 Å². The minimum atomic E-state index is -0.837. The average Bonchev–Trinajstić information content (AvgIpc) is 2.44. The van der Waals surface area contributed by atoms with Crippen LogP contribution in [0.15, 0.2) is 66.5 Å². The van der Waals surface area contributed by atoms with Crippen molar-refractivity contribution in [1.29, 1.82) is 0 Å². The zero-order valence-corrected chi connectivity index (χ0v) is 10.7. The molecule has 0 saturated heterocycles. The Morgan fingerprint density at radius 2 is 2.05 bits per heavy atom. The maximum atomic E-state index is 11.8. The van der Waals surface area contributed by atoms with Gasteiger partial charge in [0.05, 0.1) is 13.2 Å². The van der Waals surface area contributed by atoms with Gasteiger partial charge >= 0.3 is 0 Å². The van der Waals surface area contributed by atoms with Crippen LogP contribution >= 0.6 is 0 Å². The number of methoxy groups -OCH3 is 1. The van der Waals surface area contributed by atoms with E-state index in [1.165, 1.54) is 19.3 Å². The number of benzene rings is 1. The molecule has 1 aliphatic rings. The van der Waals surface area contributed by atoms with Crippen molar-refractivity contribution in [3.63, 3.8) is 0 Å². The van der Waals surface area contributed by atoms with E-state index in [-0.39, 0.29) is 17.5 Å². The Morgan fingerprint density at radius 1 is 1.37 bits per heavy atom. The lowest BCUT2D eigenvalue weighted by molar-refractivity contribution is -0.114. The summed E-state index contributed by atoms with van der Waals surface area (Å²) < 4.78 is 4.92. The van der Waals surface area contributed by atoms with Crippen LogP contribution in [0.1, 0.15) is 11.5 Å². The second-order valence-corrected chi connectivity index (χ2v) is 4.31. The van der Waals surface area contributed by atoms with E-state index in [0.717, 1.165) is 5.56 Å². The number of hydrogen-bond acceptors (Lipinski definition) is 3. The Labute approximate surface area is 112 Å². The monoisotopic (exact) mass is 256 g/mol. The quantitative estimate of drug-likeness (QED) is 0.841. The van der Waals surface area contributed by atoms with Crippen LogP contribution in [0.2, 0.25) is 0 Å². The van der Waals surface area contributed by atoms with E-state index in [9.17, 15) is 9.90 Å². The summed E-state index contributed by atoms with van der Waals surface area (Å²) in [6, 6.07) is 9.64. The summed E-state index contributed by atoms with van der Waals surface area (Å²) in [7, 11) is 1.41. The highest BCUT2D eigenvalue weighted by molar-refractivity contribution is 6.04. The smallest absolute Gasteiger partial charge is 0.220 e. The van der Waals surface area contributed by atoms with Crippen LogP contribution in [-0.4, -0.2) is 24.1 Å². The molecule has 0 spiro atoms. The first-order valence-electron chi connectivity index (χ1n) is 6.04. The summed E-state index contributed by atoms with van der Waals surface area (Å²) in [4.78, 5) is 11.8. The molecule has 3 heteroatoms. The fourth-order valence-electron chi connectivity index (χ4n) is 2.20. The second kappa shape index (κ2) is 5.67. The van der Waals surface area contributed by atoms with Gasteiger partial charge in [-0.2, -0.15) is 0 Å². The highest BCUT2D eigenvalue weighted by atomic mass is 16.5. The topological polar surface area (TPSA) is 46.5 Å². The summed E-state index contributed by atoms with van der Waals surface area (Å²) >= 11 is 0. The molecule has 1 unspecified atom stereocenters. The maximum Gasteiger partial charge on any atom is 0.220 e. The summed E-state index contributed by atoms with van der Waals surface area (Å²) in [6.07, 6.45) is 3.75. The van der Waals surface area contributed by atoms with Gasteiger partial charge in [0.2, 0.25) is 5.78 Å². The molecule has 1 aromatic carbocycles. The molecule has 1 N–H and O–H groups in total. The van der Waals surface area contributed by atoms with Crippen molar-refractivity contribution >= 4 is 5.78 Å². The van der Waals surface area contributed by atoms with Crippen LogP contribution in [0, 0.1) is 0 Å². The molecule has 2 rings (SSSR count). The predicted molar refractivity (Wildman–Crippen MR) is 73.6 cm³/mol. The molecule has 0 fully saturated rings. The van der Waals surface area contributed by atoms with Crippen molar-refractivity contribution in [3.8, 4) is 0 Å². The van der Waals surface area contributed by atoms with E-state index in [1.807, 2.05) is 30.3 Å². The lowest BCUT2D eigenvalue weighted by Crippen LogP contribution is -2.22. The van der Waals surface area contributed by atoms with E-state index in [4.69, 9.17) is 4.74 Å². The number of aliphatic hydroxyl groups excluding tert-OH is 1. The van der Waals surface area contributed by atoms with E-state index >= 15 is 0 Å². The average molecular weight is 256 g/mol. The highest BCUT2D eigenvalue weighted by Gasteiger charge is 2.26. The minimum absolute atomic E-state index is 0.173. The second-order valence-electron chi connectivity index (χ2n) is 4.31. The van der Waals surface area contributed by atoms with Gasteiger partial charge in [-0.1, -0.05) is 36.4 Å². The molecule has 1 aromatic rings. The number of hydrogen-bond donors (Lipinski definition) is 1. The van der Waals surface area contributed by atoms with E-state index in [1.54, 1.807) is 6.08 Å². The van der Waals surface area contributed by atoms with Crippen molar-refractivity contribution < 1.29 is 14.6 Å². The molecule has 3 nitrogen and oxygen atoms in total. The zero-order chi connectivity index (χ0) is 13.8. The van der Waals surface area contributed by atoms with Crippen molar-refractivity contribution in [3.05, 3.63) is 72.0 Å². The van der Waals surface area contributed by atoms with Gasteiger partial charge in [-0.05, 0) is 23.3 Å². The van der Waals surface area contributed by atoms with Crippen molar-refractivity contribution in [2.75, 3.05) is 7.11 Å². The van der Waals surface area contributed by atoms with Gasteiger partial charge in [-0.3, -0.25) is 4.79 Å². The molecule has 19 heavy (non-hydrogen) atoms. The molecular formula is C16H16O3. The van der Waals surface area contributed by atoms with Gasteiger partial charge in [-0.25, -0.2) is 0 Å². The molecular weight excluding hydrogens is 240 g/mol. The first-order valence-corrected chi connectivity index (χ1v) is 6.04. The molecule has 0 radical (unpaired) electrons. The SMILES string of the molecule is C=C[C@H](C1=CC(=O)C(OC)=CC1O)c1ccccc1. The first kappa shape index (κ1) is 13.3. The van der Waals surface area contributed by atoms with Gasteiger partial charge in [0.15, 0.2) is 5.76 Å². The predicted octanol–water partition coefficient (Wildman–Crippen LogP) is 2.36. The normalized spacial score (nSPS) is 20.3. The molecule has 0 bridgehead atoms. The first-order chi connectivity index (χ1) is 9.17. The van der Waals surface area contributed by atoms with Crippen LogP contribution in [-0.2, 0) is 9.53 Å². The number of rotatable bonds is 4. The summed E-state index contributed by atoms with van der Waals surface area (Å²) in [6.45, 7) is 3.80. The molecule has 0 saturated carbocycles. The molecule has 0 heterocycles. The summed E-state index contributed by atoms with van der Waals surface area (Å²) in [5.74, 6) is -0.243. The van der Waals surface area contributed by atoms with E-state index in [2.05, 4.69) is 6.58 Å². The number of allylic oxidation sites excluding steroid dienone is 2. The van der Waals surface area contributed by atoms with Crippen LogP contribution in [0.4, 0.5) is 0 Å². The van der Waals surface area contributed by atoms with Gasteiger partial charge < -0.3 is 9.84 Å². The third kappa shape index (κ3) is 2.66. The van der Waals surface area contributed by atoms with Gasteiger partial charge in [-0.15, -0.1) is 6.58 Å². The number of ketones is 1. The summed E-state index contributed by atoms with van der Waals surface area (Å²) in [5.41, 5.74) is 1.61. The third-order valence-corrected chi connectivity index (χ3v) is 3.16.